The molecule has 0 aliphatic rings. The molecule has 0 fully saturated rings. The molecule has 0 amide bonds. The largest absolute Gasteiger partial charge is 0.260 e. The Balaban J connectivity index is 2.30. The minimum absolute atomic E-state index is 0.0787. The van der Waals surface area contributed by atoms with Crippen LogP contribution in [0.1, 0.15) is 11.6 Å². The molecule has 0 spiro atoms. The molecule has 0 radical (unpaired) electrons. The van der Waals surface area contributed by atoms with Gasteiger partial charge in [0.25, 0.3) is 26.5 Å². The summed E-state index contributed by atoms with van der Waals surface area (Å²) >= 11 is 0. The van der Waals surface area contributed by atoms with E-state index in [-0.39, 0.29) is 9.27 Å². The first kappa shape index (κ1) is 21.1. The SMILES string of the molecule is O=S(=O)(c1ccccc1)N([C@H](c1ccccc1)C(F)F)S(=O)(=O)c1ccccc1. The molecule has 3 aromatic rings. The van der Waals surface area contributed by atoms with Crippen molar-refractivity contribution in [1.29, 1.82) is 0 Å². The van der Waals surface area contributed by atoms with Gasteiger partial charge >= 0.3 is 0 Å². The molecule has 0 aliphatic heterocycles. The fourth-order valence-corrected chi connectivity index (χ4v) is 6.82. The minimum atomic E-state index is -4.83. The fraction of sp³-hybridized carbons (Fsp3) is 0.100. The lowest BCUT2D eigenvalue weighted by molar-refractivity contribution is 0.0848. The number of hydrogen-bond acceptors (Lipinski definition) is 4. The van der Waals surface area contributed by atoms with E-state index in [2.05, 4.69) is 0 Å². The highest BCUT2D eigenvalue weighted by molar-refractivity contribution is 8.04. The van der Waals surface area contributed by atoms with Crippen LogP contribution in [0, 0.1) is 0 Å². The monoisotopic (exact) mass is 437 g/mol. The summed E-state index contributed by atoms with van der Waals surface area (Å²) in [6.07, 6.45) is -3.30. The number of alkyl halides is 2. The van der Waals surface area contributed by atoms with Gasteiger partial charge in [0.1, 0.15) is 6.04 Å². The Hall–Kier alpha value is -2.62. The van der Waals surface area contributed by atoms with Crippen molar-refractivity contribution in [3.05, 3.63) is 96.6 Å². The van der Waals surface area contributed by atoms with Gasteiger partial charge in [0.2, 0.25) is 0 Å². The number of hydrogen-bond donors (Lipinski definition) is 0. The van der Waals surface area contributed by atoms with Gasteiger partial charge in [-0.2, -0.15) is 0 Å². The first-order valence-electron chi connectivity index (χ1n) is 8.49. The van der Waals surface area contributed by atoms with Crippen molar-refractivity contribution in [3.8, 4) is 0 Å². The van der Waals surface area contributed by atoms with Gasteiger partial charge in [0.05, 0.1) is 9.79 Å². The average molecular weight is 437 g/mol. The van der Waals surface area contributed by atoms with E-state index in [9.17, 15) is 25.6 Å². The Morgan fingerprint density at radius 1 is 0.586 bits per heavy atom. The average Bonchev–Trinajstić information content (AvgIpc) is 2.73. The van der Waals surface area contributed by atoms with E-state index in [1.165, 1.54) is 60.7 Å². The lowest BCUT2D eigenvalue weighted by atomic mass is 10.1. The molecule has 0 N–H and O–H groups in total. The summed E-state index contributed by atoms with van der Waals surface area (Å²) in [7, 11) is -9.67. The topological polar surface area (TPSA) is 71.5 Å². The smallest absolute Gasteiger partial charge is 0.208 e. The second kappa shape index (κ2) is 8.40. The summed E-state index contributed by atoms with van der Waals surface area (Å²) in [6.45, 7) is 0. The number of benzene rings is 3. The molecule has 29 heavy (non-hydrogen) atoms. The molecule has 0 saturated heterocycles. The van der Waals surface area contributed by atoms with Gasteiger partial charge in [-0.15, -0.1) is 0 Å². The second-order valence-electron chi connectivity index (χ2n) is 6.05. The van der Waals surface area contributed by atoms with Gasteiger partial charge in [-0.1, -0.05) is 70.4 Å². The van der Waals surface area contributed by atoms with Crippen molar-refractivity contribution < 1.29 is 25.6 Å². The second-order valence-corrected chi connectivity index (χ2v) is 9.91. The van der Waals surface area contributed by atoms with Gasteiger partial charge < -0.3 is 0 Å². The third kappa shape index (κ3) is 4.21. The Morgan fingerprint density at radius 2 is 0.931 bits per heavy atom. The normalized spacial score (nSPS) is 13.5. The van der Waals surface area contributed by atoms with Crippen LogP contribution in [0.4, 0.5) is 8.78 Å². The number of rotatable bonds is 7. The molecule has 0 bridgehead atoms. The minimum Gasteiger partial charge on any atom is -0.208 e. The Labute approximate surface area is 168 Å². The Morgan fingerprint density at radius 3 is 1.28 bits per heavy atom. The van der Waals surface area contributed by atoms with Crippen molar-refractivity contribution in [2.24, 2.45) is 0 Å². The number of halogens is 2. The molecule has 5 nitrogen and oxygen atoms in total. The maximum Gasteiger partial charge on any atom is 0.260 e. The summed E-state index contributed by atoms with van der Waals surface area (Å²) in [6, 6.07) is 18.0. The molecular formula is C20H17F2NO4S2. The van der Waals surface area contributed by atoms with E-state index in [1.807, 2.05) is 0 Å². The van der Waals surface area contributed by atoms with Gasteiger partial charge in [-0.05, 0) is 29.8 Å². The third-order valence-corrected chi connectivity index (χ3v) is 8.48. The summed E-state index contributed by atoms with van der Waals surface area (Å²) in [4.78, 5) is -0.804. The molecule has 3 rings (SSSR count). The van der Waals surface area contributed by atoms with E-state index in [0.717, 1.165) is 24.3 Å². The third-order valence-electron chi connectivity index (χ3n) is 4.16. The van der Waals surface area contributed by atoms with Crippen molar-refractivity contribution in [3.63, 3.8) is 0 Å². The number of nitrogens with zero attached hydrogens (tertiary/aromatic N) is 1. The van der Waals surface area contributed by atoms with Crippen LogP contribution in [-0.2, 0) is 20.0 Å². The van der Waals surface area contributed by atoms with Crippen LogP contribution in [0.15, 0.2) is 101 Å². The van der Waals surface area contributed by atoms with E-state index < -0.39 is 42.3 Å². The molecule has 0 heterocycles. The summed E-state index contributed by atoms with van der Waals surface area (Å²) in [5.74, 6) is 0. The molecule has 1 atom stereocenters. The number of sulfonamides is 2. The molecule has 0 aliphatic carbocycles. The van der Waals surface area contributed by atoms with E-state index in [1.54, 1.807) is 6.07 Å². The lowest BCUT2D eigenvalue weighted by Gasteiger charge is -2.30. The molecular weight excluding hydrogens is 420 g/mol. The van der Waals surface area contributed by atoms with E-state index in [0.29, 0.717) is 0 Å². The Bertz CT molecular complexity index is 1090. The van der Waals surface area contributed by atoms with E-state index >= 15 is 0 Å². The zero-order valence-electron chi connectivity index (χ0n) is 15.0. The van der Waals surface area contributed by atoms with Crippen molar-refractivity contribution in [2.45, 2.75) is 22.3 Å². The predicted molar refractivity (Wildman–Crippen MR) is 104 cm³/mol. The quantitative estimate of drug-likeness (QED) is 0.559. The highest BCUT2D eigenvalue weighted by Gasteiger charge is 2.46. The van der Waals surface area contributed by atoms with Gasteiger partial charge in [-0.3, -0.25) is 0 Å². The van der Waals surface area contributed by atoms with E-state index in [4.69, 9.17) is 0 Å². The summed E-state index contributed by atoms with van der Waals surface area (Å²) < 4.78 is 81.4. The maximum absolute atomic E-state index is 14.2. The van der Waals surface area contributed by atoms with Crippen LogP contribution in [0.25, 0.3) is 0 Å². The Kier molecular flexibility index (Phi) is 6.11. The predicted octanol–water partition coefficient (Wildman–Crippen LogP) is 4.07. The van der Waals surface area contributed by atoms with Crippen molar-refractivity contribution in [1.82, 2.24) is 3.71 Å². The molecule has 0 saturated carbocycles. The molecule has 9 heteroatoms. The maximum atomic E-state index is 14.2. The lowest BCUT2D eigenvalue weighted by Crippen LogP contribution is -2.42. The van der Waals surface area contributed by atoms with Gasteiger partial charge in [0.15, 0.2) is 0 Å². The highest BCUT2D eigenvalue weighted by Crippen LogP contribution is 2.37. The first-order chi connectivity index (χ1) is 13.8. The fourth-order valence-electron chi connectivity index (χ4n) is 2.83. The van der Waals surface area contributed by atoms with Gasteiger partial charge in [-0.25, -0.2) is 25.6 Å². The van der Waals surface area contributed by atoms with Crippen LogP contribution in [-0.4, -0.2) is 27.0 Å². The van der Waals surface area contributed by atoms with Crippen LogP contribution >= 0.6 is 0 Å². The summed E-state index contributed by atoms with van der Waals surface area (Å²) in [5.41, 5.74) is -0.137. The first-order valence-corrected chi connectivity index (χ1v) is 11.4. The van der Waals surface area contributed by atoms with Gasteiger partial charge in [0, 0.05) is 0 Å². The molecule has 0 aromatic heterocycles. The highest BCUT2D eigenvalue weighted by atomic mass is 32.3. The van der Waals surface area contributed by atoms with Crippen LogP contribution in [0.3, 0.4) is 0 Å². The molecule has 0 unspecified atom stereocenters. The van der Waals surface area contributed by atoms with Crippen molar-refractivity contribution in [2.75, 3.05) is 0 Å². The van der Waals surface area contributed by atoms with Crippen molar-refractivity contribution >= 4 is 20.0 Å². The summed E-state index contributed by atoms with van der Waals surface area (Å²) in [5, 5.41) is 0. The van der Waals surface area contributed by atoms with Crippen LogP contribution in [0.2, 0.25) is 0 Å². The van der Waals surface area contributed by atoms with Crippen LogP contribution in [0.5, 0.6) is 0 Å². The van der Waals surface area contributed by atoms with Crippen LogP contribution < -0.4 is 0 Å². The zero-order valence-corrected chi connectivity index (χ0v) is 16.6. The molecule has 3 aromatic carbocycles. The molecule has 152 valence electrons. The standard InChI is InChI=1S/C20H17F2NO4S2/c21-20(22)19(16-10-4-1-5-11-16)23(28(24,25)17-12-6-2-7-13-17)29(26,27)18-14-8-3-9-15-18/h1-15,19-20H/t19-/m1/s1. The zero-order chi connectivity index (χ0) is 21.1.